The monoisotopic (exact) mass is 322 g/mol. The maximum atomic E-state index is 5.92. The van der Waals surface area contributed by atoms with Crippen molar-refractivity contribution in [1.29, 1.82) is 0 Å². The standard InChI is InChI=1S/C13H14N4O2S2/c1-18-8-4-3-5-9-10(8)15-11(19-9)7-6-17-12(14-7)21-13(16-17)20-2/h3-6,11,13,15-16H,1-2H3. The topological polar surface area (TPSA) is 60.3 Å². The smallest absolute Gasteiger partial charge is 0.215 e. The number of fused-ring (bicyclic) bond motifs is 2. The zero-order valence-electron chi connectivity index (χ0n) is 11.5. The number of anilines is 1. The molecule has 6 nitrogen and oxygen atoms in total. The Balaban J connectivity index is 1.58. The number of ether oxygens (including phenoxy) is 2. The van der Waals surface area contributed by atoms with Crippen LogP contribution in [-0.4, -0.2) is 27.7 Å². The molecule has 21 heavy (non-hydrogen) atoms. The molecule has 0 fully saturated rings. The largest absolute Gasteiger partial charge is 0.494 e. The quantitative estimate of drug-likeness (QED) is 0.901. The van der Waals surface area contributed by atoms with Gasteiger partial charge >= 0.3 is 0 Å². The molecular formula is C13H14N4O2S2. The summed E-state index contributed by atoms with van der Waals surface area (Å²) in [7, 11) is 1.65. The minimum atomic E-state index is -0.287. The molecule has 110 valence electrons. The normalized spacial score (nSPS) is 22.0. The van der Waals surface area contributed by atoms with Crippen LogP contribution in [0, 0.1) is 0 Å². The number of imidazole rings is 1. The van der Waals surface area contributed by atoms with Gasteiger partial charge in [0.15, 0.2) is 5.16 Å². The number of nitrogens with one attached hydrogen (secondary N) is 2. The summed E-state index contributed by atoms with van der Waals surface area (Å²) in [6, 6.07) is 5.74. The Kier molecular flexibility index (Phi) is 3.07. The molecule has 2 aromatic rings. The van der Waals surface area contributed by atoms with Crippen LogP contribution in [0.1, 0.15) is 11.9 Å². The minimum Gasteiger partial charge on any atom is -0.494 e. The molecular weight excluding hydrogens is 308 g/mol. The van der Waals surface area contributed by atoms with Crippen LogP contribution in [0.15, 0.2) is 29.6 Å². The van der Waals surface area contributed by atoms with Crippen LogP contribution in [0.5, 0.6) is 11.5 Å². The van der Waals surface area contributed by atoms with E-state index in [2.05, 4.69) is 22.0 Å². The molecule has 2 unspecified atom stereocenters. The average Bonchev–Trinajstić information content (AvgIpc) is 3.17. The summed E-state index contributed by atoms with van der Waals surface area (Å²) in [5, 5.41) is 4.28. The maximum absolute atomic E-state index is 5.92. The van der Waals surface area contributed by atoms with E-state index in [1.165, 1.54) is 0 Å². The Labute approximate surface area is 130 Å². The van der Waals surface area contributed by atoms with Crippen LogP contribution in [-0.2, 0) is 0 Å². The van der Waals surface area contributed by atoms with Gasteiger partial charge in [0.1, 0.15) is 27.6 Å². The molecule has 0 saturated carbocycles. The third-order valence-electron chi connectivity index (χ3n) is 3.36. The van der Waals surface area contributed by atoms with Crippen LogP contribution < -0.4 is 20.2 Å². The van der Waals surface area contributed by atoms with Crippen molar-refractivity contribution >= 4 is 29.2 Å². The highest BCUT2D eigenvalue weighted by atomic mass is 32.2. The summed E-state index contributed by atoms with van der Waals surface area (Å²) in [5.74, 6) is 1.56. The second-order valence-corrected chi connectivity index (χ2v) is 6.92. The van der Waals surface area contributed by atoms with Crippen LogP contribution in [0.2, 0.25) is 0 Å². The van der Waals surface area contributed by atoms with E-state index in [9.17, 15) is 0 Å². The molecule has 8 heteroatoms. The van der Waals surface area contributed by atoms with Gasteiger partial charge in [-0.2, -0.15) is 0 Å². The Morgan fingerprint density at radius 1 is 1.48 bits per heavy atom. The molecule has 2 atom stereocenters. The Bertz CT molecular complexity index is 667. The second-order valence-electron chi connectivity index (χ2n) is 4.61. The molecule has 0 aliphatic carbocycles. The highest BCUT2D eigenvalue weighted by molar-refractivity contribution is 8.16. The first kappa shape index (κ1) is 13.0. The molecule has 0 saturated heterocycles. The van der Waals surface area contributed by atoms with Crippen LogP contribution in [0.3, 0.4) is 0 Å². The first-order valence-electron chi connectivity index (χ1n) is 6.44. The summed E-state index contributed by atoms with van der Waals surface area (Å²) in [6.07, 6.45) is 3.75. The number of benzene rings is 1. The predicted octanol–water partition coefficient (Wildman–Crippen LogP) is 2.69. The van der Waals surface area contributed by atoms with Gasteiger partial charge in [-0.3, -0.25) is 0 Å². The fraction of sp³-hybridized carbons (Fsp3) is 0.308. The fourth-order valence-electron chi connectivity index (χ4n) is 2.36. The van der Waals surface area contributed by atoms with Gasteiger partial charge in [0.2, 0.25) is 6.23 Å². The van der Waals surface area contributed by atoms with Gasteiger partial charge in [-0.25, -0.2) is 9.66 Å². The van der Waals surface area contributed by atoms with Crippen molar-refractivity contribution in [2.75, 3.05) is 24.1 Å². The maximum Gasteiger partial charge on any atom is 0.215 e. The third-order valence-corrected chi connectivity index (χ3v) is 5.58. The number of thioether (sulfide) groups is 2. The molecule has 3 heterocycles. The lowest BCUT2D eigenvalue weighted by molar-refractivity contribution is 0.254. The van der Waals surface area contributed by atoms with Crippen LogP contribution in [0.25, 0.3) is 0 Å². The summed E-state index contributed by atoms with van der Waals surface area (Å²) < 4.78 is 13.5. The molecule has 0 spiro atoms. The van der Waals surface area contributed by atoms with Crippen molar-refractivity contribution in [3.05, 3.63) is 30.1 Å². The number of nitrogens with zero attached hydrogens (tertiary/aromatic N) is 2. The molecule has 0 radical (unpaired) electrons. The summed E-state index contributed by atoms with van der Waals surface area (Å²) in [5.41, 5.74) is 5.07. The first-order chi connectivity index (χ1) is 10.3. The first-order valence-corrected chi connectivity index (χ1v) is 8.60. The van der Waals surface area contributed by atoms with E-state index in [-0.39, 0.29) is 6.23 Å². The molecule has 0 amide bonds. The van der Waals surface area contributed by atoms with Crippen LogP contribution in [0.4, 0.5) is 5.69 Å². The number of aromatic nitrogens is 2. The van der Waals surface area contributed by atoms with Gasteiger partial charge in [-0.1, -0.05) is 6.07 Å². The van der Waals surface area contributed by atoms with Crippen LogP contribution >= 0.6 is 23.5 Å². The third kappa shape index (κ3) is 2.09. The van der Waals surface area contributed by atoms with Gasteiger partial charge < -0.3 is 20.2 Å². The highest BCUT2D eigenvalue weighted by Crippen LogP contribution is 2.44. The number of rotatable bonds is 3. The number of hydrogen-bond acceptors (Lipinski definition) is 7. The number of para-hydroxylation sites is 1. The van der Waals surface area contributed by atoms with Gasteiger partial charge in [-0.05, 0) is 30.2 Å². The van der Waals surface area contributed by atoms with Crippen molar-refractivity contribution < 1.29 is 9.47 Å². The van der Waals surface area contributed by atoms with E-state index in [1.807, 2.05) is 29.1 Å². The number of methoxy groups -OCH3 is 1. The lowest BCUT2D eigenvalue weighted by Crippen LogP contribution is -2.15. The molecule has 0 bridgehead atoms. The van der Waals surface area contributed by atoms with Gasteiger partial charge in [0.25, 0.3) is 0 Å². The van der Waals surface area contributed by atoms with Gasteiger partial charge in [0, 0.05) is 0 Å². The molecule has 2 aliphatic rings. The van der Waals surface area contributed by atoms with E-state index < -0.39 is 0 Å². The SMILES string of the molecule is COc1cccc2c1NC(c1cn3c(n1)SC(SC)N3)O2. The summed E-state index contributed by atoms with van der Waals surface area (Å²) in [6.45, 7) is 0. The van der Waals surface area contributed by atoms with E-state index >= 15 is 0 Å². The predicted molar refractivity (Wildman–Crippen MR) is 84.7 cm³/mol. The van der Waals surface area contributed by atoms with Crippen molar-refractivity contribution in [3.8, 4) is 11.5 Å². The Morgan fingerprint density at radius 3 is 3.14 bits per heavy atom. The lowest BCUT2D eigenvalue weighted by atomic mass is 10.3. The second kappa shape index (κ2) is 4.96. The Morgan fingerprint density at radius 2 is 2.38 bits per heavy atom. The number of hydrogen-bond donors (Lipinski definition) is 2. The van der Waals surface area contributed by atoms with Crippen molar-refractivity contribution in [3.63, 3.8) is 0 Å². The van der Waals surface area contributed by atoms with Gasteiger partial charge in [0.05, 0.1) is 13.3 Å². The average molecular weight is 322 g/mol. The summed E-state index contributed by atoms with van der Waals surface area (Å²) in [4.78, 5) is 4.63. The zero-order valence-corrected chi connectivity index (χ0v) is 13.1. The molecule has 2 aliphatic heterocycles. The fourth-order valence-corrected chi connectivity index (χ4v) is 3.96. The lowest BCUT2D eigenvalue weighted by Gasteiger charge is -2.10. The van der Waals surface area contributed by atoms with E-state index in [0.29, 0.717) is 4.71 Å². The molecule has 2 N–H and O–H groups in total. The van der Waals surface area contributed by atoms with Crippen molar-refractivity contribution in [2.24, 2.45) is 0 Å². The van der Waals surface area contributed by atoms with Gasteiger partial charge in [-0.15, -0.1) is 11.8 Å². The van der Waals surface area contributed by atoms with E-state index in [4.69, 9.17) is 9.47 Å². The highest BCUT2D eigenvalue weighted by Gasteiger charge is 2.31. The molecule has 1 aromatic carbocycles. The Hall–Kier alpha value is -1.67. The molecule has 4 rings (SSSR count). The van der Waals surface area contributed by atoms with E-state index in [0.717, 1.165) is 28.0 Å². The zero-order chi connectivity index (χ0) is 14.4. The van der Waals surface area contributed by atoms with E-state index in [1.54, 1.807) is 30.6 Å². The van der Waals surface area contributed by atoms with Crippen molar-refractivity contribution in [2.45, 2.75) is 16.1 Å². The molecule has 1 aromatic heterocycles. The summed E-state index contributed by atoms with van der Waals surface area (Å²) >= 11 is 3.46. The minimum absolute atomic E-state index is 0.287. The van der Waals surface area contributed by atoms with Crippen molar-refractivity contribution in [1.82, 2.24) is 9.66 Å².